The van der Waals surface area contributed by atoms with Crippen LogP contribution < -0.4 is 5.32 Å². The van der Waals surface area contributed by atoms with Crippen LogP contribution in [0.4, 0.5) is 28.9 Å². The summed E-state index contributed by atoms with van der Waals surface area (Å²) < 4.78 is 71.5. The number of anilines is 2. The first-order chi connectivity index (χ1) is 12.5. The van der Waals surface area contributed by atoms with Gasteiger partial charge in [-0.05, 0) is 30.5 Å². The number of nitrogens with one attached hydrogen (secondary N) is 1. The largest absolute Gasteiger partial charge is 0.381 e. The smallest absolute Gasteiger partial charge is 0.253 e. The van der Waals surface area contributed by atoms with Gasteiger partial charge in [-0.1, -0.05) is 12.1 Å². The Morgan fingerprint density at radius 1 is 1.12 bits per heavy atom. The second kappa shape index (κ2) is 8.13. The van der Waals surface area contributed by atoms with Crippen molar-refractivity contribution in [3.63, 3.8) is 0 Å². The minimum Gasteiger partial charge on any atom is -0.381 e. The SMILES string of the molecule is O=S(Cc1cccc(Nc2c(F)c(F)nc(F)c2F)c1)C1CCOCC1. The molecule has 1 aliphatic rings. The van der Waals surface area contributed by atoms with Crippen molar-refractivity contribution in [2.75, 3.05) is 18.5 Å². The highest BCUT2D eigenvalue weighted by Gasteiger charge is 2.22. The molecule has 0 spiro atoms. The van der Waals surface area contributed by atoms with Crippen LogP contribution in [0.15, 0.2) is 24.3 Å². The van der Waals surface area contributed by atoms with Crippen molar-refractivity contribution in [2.45, 2.75) is 23.8 Å². The Morgan fingerprint density at radius 2 is 1.77 bits per heavy atom. The minimum absolute atomic E-state index is 0.0404. The van der Waals surface area contributed by atoms with Crippen LogP contribution in [0.5, 0.6) is 0 Å². The van der Waals surface area contributed by atoms with E-state index in [0.29, 0.717) is 18.8 Å². The predicted molar refractivity (Wildman–Crippen MR) is 89.5 cm³/mol. The van der Waals surface area contributed by atoms with Gasteiger partial charge in [0.2, 0.25) is 11.6 Å². The summed E-state index contributed by atoms with van der Waals surface area (Å²) in [5.74, 6) is -6.42. The zero-order chi connectivity index (χ0) is 18.7. The molecule has 26 heavy (non-hydrogen) atoms. The third kappa shape index (κ3) is 4.21. The van der Waals surface area contributed by atoms with Crippen molar-refractivity contribution < 1.29 is 26.5 Å². The maximum atomic E-state index is 13.7. The molecule has 4 nitrogen and oxygen atoms in total. The van der Waals surface area contributed by atoms with Crippen molar-refractivity contribution in [3.05, 3.63) is 53.4 Å². The molecule has 9 heteroatoms. The predicted octanol–water partition coefficient (Wildman–Crippen LogP) is 3.81. The highest BCUT2D eigenvalue weighted by molar-refractivity contribution is 7.84. The molecule has 2 heterocycles. The first kappa shape index (κ1) is 18.8. The maximum Gasteiger partial charge on any atom is 0.253 e. The molecule has 1 unspecified atom stereocenters. The van der Waals surface area contributed by atoms with Gasteiger partial charge in [0.25, 0.3) is 11.9 Å². The molecule has 0 aliphatic carbocycles. The van der Waals surface area contributed by atoms with E-state index in [4.69, 9.17) is 4.74 Å². The van der Waals surface area contributed by atoms with Gasteiger partial charge in [-0.25, -0.2) is 0 Å². The van der Waals surface area contributed by atoms with E-state index in [1.807, 2.05) is 0 Å². The van der Waals surface area contributed by atoms with E-state index in [9.17, 15) is 21.8 Å². The van der Waals surface area contributed by atoms with Crippen molar-refractivity contribution in [1.82, 2.24) is 4.98 Å². The van der Waals surface area contributed by atoms with Gasteiger partial charge in [-0.15, -0.1) is 0 Å². The summed E-state index contributed by atoms with van der Waals surface area (Å²) in [5, 5.41) is 2.37. The third-order valence-electron chi connectivity index (χ3n) is 4.04. The standard InChI is InChI=1S/C17H16F4N2O2S/c18-13-15(14(19)17(21)23-16(13)20)22-11-3-1-2-10(8-11)9-26(24)12-4-6-25-7-5-12/h1-3,8,12H,4-7,9H2,(H,22,23). The molecule has 1 aliphatic heterocycles. The monoisotopic (exact) mass is 388 g/mol. The summed E-state index contributed by atoms with van der Waals surface area (Å²) in [6, 6.07) is 6.34. The van der Waals surface area contributed by atoms with Gasteiger partial charge >= 0.3 is 0 Å². The lowest BCUT2D eigenvalue weighted by Gasteiger charge is -2.21. The van der Waals surface area contributed by atoms with Gasteiger partial charge in [0.1, 0.15) is 5.69 Å². The minimum atomic E-state index is -1.73. The lowest BCUT2D eigenvalue weighted by Crippen LogP contribution is -2.25. The van der Waals surface area contributed by atoms with Crippen molar-refractivity contribution in [2.24, 2.45) is 0 Å². The van der Waals surface area contributed by atoms with E-state index in [1.165, 1.54) is 12.1 Å². The van der Waals surface area contributed by atoms with Crippen molar-refractivity contribution in [1.29, 1.82) is 0 Å². The molecular formula is C17H16F4N2O2S. The zero-order valence-electron chi connectivity index (χ0n) is 13.6. The molecule has 1 N–H and O–H groups in total. The molecule has 1 aromatic carbocycles. The summed E-state index contributed by atoms with van der Waals surface area (Å²) >= 11 is 0. The lowest BCUT2D eigenvalue weighted by atomic mass is 10.2. The molecule has 0 radical (unpaired) electrons. The number of halogens is 4. The summed E-state index contributed by atoms with van der Waals surface area (Å²) in [6.07, 6.45) is 1.44. The Labute approximate surface area is 150 Å². The Hall–Kier alpha value is -2.00. The van der Waals surface area contributed by atoms with Gasteiger partial charge in [-0.2, -0.15) is 22.5 Å². The fourth-order valence-corrected chi connectivity index (χ4v) is 4.16. The average Bonchev–Trinajstić information content (AvgIpc) is 2.64. The van der Waals surface area contributed by atoms with E-state index >= 15 is 0 Å². The normalized spacial score (nSPS) is 16.5. The van der Waals surface area contributed by atoms with E-state index in [0.717, 1.165) is 12.8 Å². The molecule has 0 bridgehead atoms. The van der Waals surface area contributed by atoms with Crippen LogP contribution in [-0.4, -0.2) is 27.7 Å². The fourth-order valence-electron chi connectivity index (χ4n) is 2.70. The molecule has 1 aromatic heterocycles. The van der Waals surface area contributed by atoms with Crippen LogP contribution in [-0.2, 0) is 21.3 Å². The highest BCUT2D eigenvalue weighted by atomic mass is 32.2. The molecule has 0 saturated carbocycles. The Kier molecular flexibility index (Phi) is 5.87. The Balaban J connectivity index is 1.77. The number of rotatable bonds is 5. The van der Waals surface area contributed by atoms with E-state index < -0.39 is 40.0 Å². The second-order valence-corrected chi connectivity index (χ2v) is 7.58. The number of aromatic nitrogens is 1. The molecule has 2 aromatic rings. The summed E-state index contributed by atoms with van der Waals surface area (Å²) in [4.78, 5) is 2.51. The molecule has 0 amide bonds. The lowest BCUT2D eigenvalue weighted by molar-refractivity contribution is 0.0992. The Morgan fingerprint density at radius 3 is 2.42 bits per heavy atom. The van der Waals surface area contributed by atoms with Gasteiger partial charge in [0.15, 0.2) is 0 Å². The van der Waals surface area contributed by atoms with E-state index in [1.54, 1.807) is 12.1 Å². The van der Waals surface area contributed by atoms with Gasteiger partial charge in [0.05, 0.1) is 0 Å². The fraction of sp³-hybridized carbons (Fsp3) is 0.353. The number of benzene rings is 1. The molecule has 1 saturated heterocycles. The number of hydrogen-bond donors (Lipinski definition) is 1. The average molecular weight is 388 g/mol. The first-order valence-electron chi connectivity index (χ1n) is 7.96. The Bertz CT molecular complexity index is 802. The summed E-state index contributed by atoms with van der Waals surface area (Å²) in [7, 11) is -1.11. The van der Waals surface area contributed by atoms with E-state index in [2.05, 4.69) is 10.3 Å². The number of hydrogen-bond acceptors (Lipinski definition) is 4. The topological polar surface area (TPSA) is 51.2 Å². The van der Waals surface area contributed by atoms with Crippen LogP contribution in [0, 0.1) is 23.5 Å². The molecule has 3 rings (SSSR count). The molecule has 140 valence electrons. The summed E-state index contributed by atoms with van der Waals surface area (Å²) in [6.45, 7) is 1.16. The highest BCUT2D eigenvalue weighted by Crippen LogP contribution is 2.27. The quantitative estimate of drug-likeness (QED) is 0.625. The first-order valence-corrected chi connectivity index (χ1v) is 9.35. The van der Waals surface area contributed by atoms with Crippen LogP contribution in [0.1, 0.15) is 18.4 Å². The van der Waals surface area contributed by atoms with Crippen LogP contribution in [0.2, 0.25) is 0 Å². The van der Waals surface area contributed by atoms with Crippen molar-refractivity contribution in [3.8, 4) is 0 Å². The number of ether oxygens (including phenoxy) is 1. The number of nitrogens with zero attached hydrogens (tertiary/aromatic N) is 1. The van der Waals surface area contributed by atoms with E-state index in [-0.39, 0.29) is 16.7 Å². The summed E-state index contributed by atoms with van der Waals surface area (Å²) in [5.41, 5.74) is -0.0670. The molecule has 1 atom stereocenters. The van der Waals surface area contributed by atoms with Crippen LogP contribution >= 0.6 is 0 Å². The molecular weight excluding hydrogens is 372 g/mol. The van der Waals surface area contributed by atoms with Gasteiger partial charge in [-0.3, -0.25) is 4.21 Å². The third-order valence-corrected chi connectivity index (χ3v) is 5.88. The zero-order valence-corrected chi connectivity index (χ0v) is 14.4. The number of pyridine rings is 1. The van der Waals surface area contributed by atoms with Gasteiger partial charge in [0, 0.05) is 40.7 Å². The van der Waals surface area contributed by atoms with Crippen LogP contribution in [0.25, 0.3) is 0 Å². The van der Waals surface area contributed by atoms with Crippen LogP contribution in [0.3, 0.4) is 0 Å². The molecule has 1 fully saturated rings. The maximum absolute atomic E-state index is 13.7. The second-order valence-electron chi connectivity index (χ2n) is 5.86. The van der Waals surface area contributed by atoms with Gasteiger partial charge < -0.3 is 10.1 Å². The van der Waals surface area contributed by atoms with Crippen molar-refractivity contribution >= 4 is 22.2 Å².